The lowest BCUT2D eigenvalue weighted by Crippen LogP contribution is -2.44. The normalized spacial score (nSPS) is 11.2. The molecule has 0 spiro atoms. The minimum atomic E-state index is -0.822. The van der Waals surface area contributed by atoms with Gasteiger partial charge in [-0.15, -0.1) is 0 Å². The van der Waals surface area contributed by atoms with Crippen LogP contribution in [0.3, 0.4) is 0 Å². The highest BCUT2D eigenvalue weighted by atomic mass is 16.4. The van der Waals surface area contributed by atoms with Gasteiger partial charge in [0.25, 0.3) is 0 Å². The zero-order chi connectivity index (χ0) is 15.5. The molecule has 3 heteroatoms. The second kappa shape index (κ2) is 6.00. The van der Waals surface area contributed by atoms with Crippen molar-refractivity contribution in [1.29, 1.82) is 0 Å². The number of carbonyl (C=O) groups is 1. The van der Waals surface area contributed by atoms with Crippen molar-refractivity contribution < 1.29 is 9.90 Å². The van der Waals surface area contributed by atoms with Gasteiger partial charge in [-0.3, -0.25) is 4.79 Å². The van der Waals surface area contributed by atoms with E-state index < -0.39 is 5.97 Å². The van der Waals surface area contributed by atoms with Crippen LogP contribution in [0.25, 0.3) is 11.1 Å². The highest BCUT2D eigenvalue weighted by Gasteiger charge is 2.23. The van der Waals surface area contributed by atoms with Crippen LogP contribution in [0.4, 0.5) is 5.69 Å². The van der Waals surface area contributed by atoms with Gasteiger partial charge in [0.15, 0.2) is 0 Å². The second-order valence-corrected chi connectivity index (χ2v) is 6.06. The van der Waals surface area contributed by atoms with Crippen molar-refractivity contribution in [1.82, 2.24) is 0 Å². The third-order valence-electron chi connectivity index (χ3n) is 3.39. The number of anilines is 1. The zero-order valence-electron chi connectivity index (χ0n) is 12.7. The quantitative estimate of drug-likeness (QED) is 0.920. The SMILES string of the molecule is CC(C)(C)N(CC(=O)O)c1ccc(-c2ccccc2)cc1. The minimum Gasteiger partial charge on any atom is -0.480 e. The summed E-state index contributed by atoms with van der Waals surface area (Å²) in [6.45, 7) is 6.04. The van der Waals surface area contributed by atoms with Gasteiger partial charge in [-0.25, -0.2) is 0 Å². The third kappa shape index (κ3) is 3.85. The molecule has 0 bridgehead atoms. The molecule has 0 radical (unpaired) electrons. The molecule has 0 saturated heterocycles. The molecule has 0 aliphatic carbocycles. The summed E-state index contributed by atoms with van der Waals surface area (Å²) in [5.41, 5.74) is 2.96. The fourth-order valence-corrected chi connectivity index (χ4v) is 2.32. The maximum Gasteiger partial charge on any atom is 0.323 e. The lowest BCUT2D eigenvalue weighted by molar-refractivity contribution is -0.135. The maximum atomic E-state index is 11.1. The average molecular weight is 283 g/mol. The Hall–Kier alpha value is -2.29. The van der Waals surface area contributed by atoms with E-state index in [1.54, 1.807) is 0 Å². The highest BCUT2D eigenvalue weighted by Crippen LogP contribution is 2.27. The molecule has 0 aliphatic rings. The fraction of sp³-hybridized carbons (Fsp3) is 0.278. The monoisotopic (exact) mass is 283 g/mol. The summed E-state index contributed by atoms with van der Waals surface area (Å²) in [7, 11) is 0. The van der Waals surface area contributed by atoms with Crippen LogP contribution in [-0.4, -0.2) is 23.2 Å². The van der Waals surface area contributed by atoms with Gasteiger partial charge >= 0.3 is 5.97 Å². The van der Waals surface area contributed by atoms with Crippen LogP contribution in [0.2, 0.25) is 0 Å². The van der Waals surface area contributed by atoms with E-state index in [1.165, 1.54) is 0 Å². The fourth-order valence-electron chi connectivity index (χ4n) is 2.32. The van der Waals surface area contributed by atoms with E-state index in [0.717, 1.165) is 16.8 Å². The third-order valence-corrected chi connectivity index (χ3v) is 3.39. The van der Waals surface area contributed by atoms with Crippen LogP contribution in [0.15, 0.2) is 54.6 Å². The molecule has 2 aromatic carbocycles. The van der Waals surface area contributed by atoms with E-state index in [-0.39, 0.29) is 12.1 Å². The number of nitrogens with zero attached hydrogens (tertiary/aromatic N) is 1. The van der Waals surface area contributed by atoms with E-state index in [4.69, 9.17) is 5.11 Å². The van der Waals surface area contributed by atoms with Crippen molar-refractivity contribution in [3.8, 4) is 11.1 Å². The first-order chi connectivity index (χ1) is 9.88. The first-order valence-electron chi connectivity index (χ1n) is 7.03. The predicted molar refractivity (Wildman–Crippen MR) is 86.6 cm³/mol. The molecule has 0 unspecified atom stereocenters. The van der Waals surface area contributed by atoms with Crippen LogP contribution in [-0.2, 0) is 4.79 Å². The average Bonchev–Trinajstić information content (AvgIpc) is 2.45. The van der Waals surface area contributed by atoms with Gasteiger partial charge in [0.05, 0.1) is 0 Å². The molecule has 2 aromatic rings. The molecule has 0 heterocycles. The number of carboxylic acids is 1. The number of hydrogen-bond donors (Lipinski definition) is 1. The second-order valence-electron chi connectivity index (χ2n) is 6.06. The van der Waals surface area contributed by atoms with Crippen LogP contribution in [0.1, 0.15) is 20.8 Å². The summed E-state index contributed by atoms with van der Waals surface area (Å²) in [5, 5.41) is 9.10. The van der Waals surface area contributed by atoms with E-state index in [2.05, 4.69) is 12.1 Å². The molecule has 0 aromatic heterocycles. The van der Waals surface area contributed by atoms with Gasteiger partial charge in [-0.1, -0.05) is 42.5 Å². The van der Waals surface area contributed by atoms with E-state index in [1.807, 2.05) is 68.1 Å². The molecule has 110 valence electrons. The maximum absolute atomic E-state index is 11.1. The predicted octanol–water partition coefficient (Wildman–Crippen LogP) is 4.04. The molecular formula is C18H21NO2. The van der Waals surface area contributed by atoms with Crippen molar-refractivity contribution in [3.05, 3.63) is 54.6 Å². The van der Waals surface area contributed by atoms with Gasteiger partial charge in [0.2, 0.25) is 0 Å². The number of benzene rings is 2. The summed E-state index contributed by atoms with van der Waals surface area (Å²) < 4.78 is 0. The Kier molecular flexibility index (Phi) is 4.32. The van der Waals surface area contributed by atoms with Gasteiger partial charge in [0.1, 0.15) is 6.54 Å². The van der Waals surface area contributed by atoms with Crippen LogP contribution in [0, 0.1) is 0 Å². The van der Waals surface area contributed by atoms with Crippen LogP contribution < -0.4 is 4.90 Å². The largest absolute Gasteiger partial charge is 0.480 e. The summed E-state index contributed by atoms with van der Waals surface area (Å²) in [6, 6.07) is 18.2. The molecule has 0 saturated carbocycles. The van der Waals surface area contributed by atoms with Crippen molar-refractivity contribution in [2.45, 2.75) is 26.3 Å². The van der Waals surface area contributed by atoms with Crippen molar-refractivity contribution in [2.75, 3.05) is 11.4 Å². The van der Waals surface area contributed by atoms with Crippen LogP contribution in [0.5, 0.6) is 0 Å². The Morgan fingerprint density at radius 3 is 1.95 bits per heavy atom. The Bertz CT molecular complexity index is 597. The van der Waals surface area contributed by atoms with E-state index in [0.29, 0.717) is 0 Å². The summed E-state index contributed by atoms with van der Waals surface area (Å²) in [6.07, 6.45) is 0. The number of carboxylic acid groups (broad SMARTS) is 1. The number of aliphatic carboxylic acids is 1. The molecule has 2 rings (SSSR count). The van der Waals surface area contributed by atoms with Crippen molar-refractivity contribution in [3.63, 3.8) is 0 Å². The first kappa shape index (κ1) is 15.1. The summed E-state index contributed by atoms with van der Waals surface area (Å²) >= 11 is 0. The smallest absolute Gasteiger partial charge is 0.323 e. The topological polar surface area (TPSA) is 40.5 Å². The molecule has 1 N–H and O–H groups in total. The number of hydrogen-bond acceptors (Lipinski definition) is 2. The standard InChI is InChI=1S/C18H21NO2/c1-18(2,3)19(13-17(20)21)16-11-9-15(10-12-16)14-7-5-4-6-8-14/h4-12H,13H2,1-3H3,(H,20,21). The first-order valence-corrected chi connectivity index (χ1v) is 7.03. The summed E-state index contributed by atoms with van der Waals surface area (Å²) in [4.78, 5) is 13.0. The Morgan fingerprint density at radius 2 is 1.48 bits per heavy atom. The lowest BCUT2D eigenvalue weighted by Gasteiger charge is -2.36. The van der Waals surface area contributed by atoms with Crippen molar-refractivity contribution in [2.24, 2.45) is 0 Å². The highest BCUT2D eigenvalue weighted by molar-refractivity contribution is 5.75. The molecule has 0 amide bonds. The molecule has 3 nitrogen and oxygen atoms in total. The molecular weight excluding hydrogens is 262 g/mol. The Morgan fingerprint density at radius 1 is 0.952 bits per heavy atom. The minimum absolute atomic E-state index is 0.00577. The number of rotatable bonds is 4. The van der Waals surface area contributed by atoms with E-state index >= 15 is 0 Å². The van der Waals surface area contributed by atoms with Gasteiger partial charge in [-0.2, -0.15) is 0 Å². The molecule has 0 fully saturated rings. The molecule has 0 atom stereocenters. The van der Waals surface area contributed by atoms with E-state index in [9.17, 15) is 4.79 Å². The lowest BCUT2D eigenvalue weighted by atomic mass is 10.0. The summed E-state index contributed by atoms with van der Waals surface area (Å²) in [5.74, 6) is -0.822. The molecule has 0 aliphatic heterocycles. The van der Waals surface area contributed by atoms with Crippen molar-refractivity contribution >= 4 is 11.7 Å². The van der Waals surface area contributed by atoms with Gasteiger partial charge in [0, 0.05) is 11.2 Å². The van der Waals surface area contributed by atoms with Gasteiger partial charge < -0.3 is 10.0 Å². The Balaban J connectivity index is 2.30. The van der Waals surface area contributed by atoms with Gasteiger partial charge in [-0.05, 0) is 44.0 Å². The Labute approximate surface area is 125 Å². The molecule has 21 heavy (non-hydrogen) atoms. The zero-order valence-corrected chi connectivity index (χ0v) is 12.7. The van der Waals surface area contributed by atoms with Crippen LogP contribution >= 0.6 is 0 Å².